The van der Waals surface area contributed by atoms with Gasteiger partial charge in [0.2, 0.25) is 5.76 Å². The van der Waals surface area contributed by atoms with E-state index in [1.165, 1.54) is 19.1 Å². The van der Waals surface area contributed by atoms with Crippen molar-refractivity contribution < 1.29 is 27.9 Å². The molecular weight excluding hydrogens is 395 g/mol. The molecule has 0 aromatic heterocycles. The Morgan fingerprint density at radius 3 is 2.42 bits per heavy atom. The summed E-state index contributed by atoms with van der Waals surface area (Å²) in [6.07, 6.45) is -4.43. The van der Waals surface area contributed by atoms with Gasteiger partial charge in [0, 0.05) is 6.54 Å². The Bertz CT molecular complexity index is 699. The molecular formula is C14H13BrF3N3O3. The van der Waals surface area contributed by atoms with Gasteiger partial charge in [0.15, 0.2) is 10.3 Å². The lowest BCUT2D eigenvalue weighted by Crippen LogP contribution is -2.58. The molecule has 24 heavy (non-hydrogen) atoms. The normalized spacial score (nSPS) is 21.1. The predicted molar refractivity (Wildman–Crippen MR) is 81.6 cm³/mol. The number of carbonyl (C=O) groups excluding carboxylic acids is 2. The first-order valence-corrected chi connectivity index (χ1v) is 7.46. The van der Waals surface area contributed by atoms with Crippen LogP contribution in [0.1, 0.15) is 18.1 Å². The van der Waals surface area contributed by atoms with E-state index >= 15 is 0 Å². The van der Waals surface area contributed by atoms with Crippen LogP contribution in [0.3, 0.4) is 0 Å². The van der Waals surface area contributed by atoms with Crippen LogP contribution in [0.5, 0.6) is 0 Å². The second-order valence-electron chi connectivity index (χ2n) is 5.18. The van der Waals surface area contributed by atoms with Gasteiger partial charge in [-0.25, -0.2) is 0 Å². The zero-order valence-electron chi connectivity index (χ0n) is 12.3. The first-order chi connectivity index (χ1) is 11.0. The van der Waals surface area contributed by atoms with Crippen LogP contribution in [0.15, 0.2) is 35.7 Å². The fourth-order valence-corrected chi connectivity index (χ4v) is 2.34. The third kappa shape index (κ3) is 4.19. The molecule has 0 aliphatic carbocycles. The smallest absolute Gasteiger partial charge is 0.416 e. The molecule has 1 heterocycles. The molecule has 1 aromatic carbocycles. The third-order valence-electron chi connectivity index (χ3n) is 3.12. The van der Waals surface area contributed by atoms with Gasteiger partial charge >= 0.3 is 6.18 Å². The number of amides is 2. The minimum absolute atomic E-state index is 0.0734. The lowest BCUT2D eigenvalue weighted by Gasteiger charge is -2.31. The second kappa shape index (κ2) is 6.34. The number of benzene rings is 1. The van der Waals surface area contributed by atoms with Crippen LogP contribution in [0, 0.1) is 0 Å². The molecule has 1 aromatic rings. The van der Waals surface area contributed by atoms with Crippen molar-refractivity contribution in [1.82, 2.24) is 16.0 Å². The molecule has 10 heteroatoms. The predicted octanol–water partition coefficient (Wildman–Crippen LogP) is 1.88. The molecule has 1 unspecified atom stereocenters. The average Bonchev–Trinajstić information content (AvgIpc) is 2.47. The third-order valence-corrected chi connectivity index (χ3v) is 3.52. The summed E-state index contributed by atoms with van der Waals surface area (Å²) < 4.78 is 36.3. The Hall–Kier alpha value is -2.23. The first kappa shape index (κ1) is 18.1. The number of aliphatic hydroxyl groups is 1. The summed E-state index contributed by atoms with van der Waals surface area (Å²) in [6.45, 7) is 1.44. The zero-order chi connectivity index (χ0) is 18.1. The Morgan fingerprint density at radius 2 is 1.88 bits per heavy atom. The Labute approximate surface area is 143 Å². The summed E-state index contributed by atoms with van der Waals surface area (Å²) in [6, 6.07) is 4.26. The first-order valence-electron chi connectivity index (χ1n) is 6.67. The molecule has 0 bridgehead atoms. The molecule has 1 aliphatic heterocycles. The molecule has 6 nitrogen and oxygen atoms in total. The minimum Gasteiger partial charge on any atom is -0.501 e. The van der Waals surface area contributed by atoms with E-state index in [-0.39, 0.29) is 12.2 Å². The topological polar surface area (TPSA) is 90.5 Å². The van der Waals surface area contributed by atoms with Crippen LogP contribution in [0.4, 0.5) is 13.2 Å². The van der Waals surface area contributed by atoms with E-state index in [0.29, 0.717) is 5.56 Å². The number of hydrogen-bond donors (Lipinski definition) is 4. The summed E-state index contributed by atoms with van der Waals surface area (Å²) in [7, 11) is 0. The molecule has 1 atom stereocenters. The largest absolute Gasteiger partial charge is 0.501 e. The van der Waals surface area contributed by atoms with Gasteiger partial charge in [-0.1, -0.05) is 12.1 Å². The van der Waals surface area contributed by atoms with Crippen LogP contribution >= 0.6 is 15.9 Å². The molecule has 0 radical (unpaired) electrons. The molecule has 0 spiro atoms. The van der Waals surface area contributed by atoms with Gasteiger partial charge in [0.25, 0.3) is 11.8 Å². The van der Waals surface area contributed by atoms with Crippen LogP contribution < -0.4 is 16.0 Å². The van der Waals surface area contributed by atoms with Gasteiger partial charge in [0.1, 0.15) is 0 Å². The lowest BCUT2D eigenvalue weighted by molar-refractivity contribution is -0.137. The number of nitrogens with one attached hydrogen (secondary N) is 3. The molecule has 130 valence electrons. The molecule has 0 saturated heterocycles. The highest BCUT2D eigenvalue weighted by atomic mass is 79.9. The maximum Gasteiger partial charge on any atom is 0.416 e. The highest BCUT2D eigenvalue weighted by Gasteiger charge is 2.35. The number of aliphatic hydroxyl groups excluding tert-OH is 1. The number of alkyl halides is 4. The van der Waals surface area contributed by atoms with Crippen LogP contribution in [0.25, 0.3) is 0 Å². The maximum atomic E-state index is 12.5. The van der Waals surface area contributed by atoms with E-state index in [4.69, 9.17) is 0 Å². The monoisotopic (exact) mass is 407 g/mol. The SMILES string of the molecule is CC1(Br)NC(=O)C(O)=C(C(=O)NCc2ccc(C(F)(F)F)cc2)N1. The minimum atomic E-state index is -4.43. The zero-order valence-corrected chi connectivity index (χ0v) is 13.9. The summed E-state index contributed by atoms with van der Waals surface area (Å²) in [5.41, 5.74) is -0.707. The number of carbonyl (C=O) groups is 2. The van der Waals surface area contributed by atoms with Crippen molar-refractivity contribution in [3.63, 3.8) is 0 Å². The standard InChI is InChI=1S/C14H13BrF3N3O3/c1-13(15)20-9(10(22)12(24)21-13)11(23)19-6-7-2-4-8(5-3-7)14(16,17)18/h2-5,20,22H,6H2,1H3,(H,19,23)(H,21,24). The summed E-state index contributed by atoms with van der Waals surface area (Å²) in [4.78, 5) is 23.6. The molecule has 4 N–H and O–H groups in total. The van der Waals surface area contributed by atoms with E-state index in [1.807, 2.05) is 0 Å². The van der Waals surface area contributed by atoms with E-state index < -0.39 is 33.9 Å². The van der Waals surface area contributed by atoms with Gasteiger partial charge in [-0.05, 0) is 40.5 Å². The fourth-order valence-electron chi connectivity index (χ4n) is 1.96. The van der Waals surface area contributed by atoms with Gasteiger partial charge in [-0.3, -0.25) is 9.59 Å². The number of hydrogen-bond acceptors (Lipinski definition) is 4. The number of rotatable bonds is 3. The van der Waals surface area contributed by atoms with E-state index in [1.54, 1.807) is 0 Å². The molecule has 1 aliphatic rings. The molecule has 2 rings (SSSR count). The van der Waals surface area contributed by atoms with Crippen molar-refractivity contribution in [2.24, 2.45) is 0 Å². The van der Waals surface area contributed by atoms with Crippen molar-refractivity contribution in [3.8, 4) is 0 Å². The highest BCUT2D eigenvalue weighted by Crippen LogP contribution is 2.29. The van der Waals surface area contributed by atoms with Crippen molar-refractivity contribution >= 4 is 27.7 Å². The summed E-state index contributed by atoms with van der Waals surface area (Å²) >= 11 is 3.12. The Kier molecular flexibility index (Phi) is 4.79. The van der Waals surface area contributed by atoms with E-state index in [0.717, 1.165) is 12.1 Å². The average molecular weight is 408 g/mol. The molecule has 0 saturated carbocycles. The van der Waals surface area contributed by atoms with Gasteiger partial charge in [-0.15, -0.1) is 0 Å². The summed E-state index contributed by atoms with van der Waals surface area (Å²) in [5, 5.41) is 17.0. The van der Waals surface area contributed by atoms with E-state index in [9.17, 15) is 27.9 Å². The lowest BCUT2D eigenvalue weighted by atomic mass is 10.1. The fraction of sp³-hybridized carbons (Fsp3) is 0.286. The molecule has 0 fully saturated rings. The Balaban J connectivity index is 2.05. The Morgan fingerprint density at radius 1 is 1.29 bits per heavy atom. The summed E-state index contributed by atoms with van der Waals surface area (Å²) in [5.74, 6) is -2.39. The van der Waals surface area contributed by atoms with E-state index in [2.05, 4.69) is 31.9 Å². The van der Waals surface area contributed by atoms with Gasteiger partial charge in [-0.2, -0.15) is 13.2 Å². The van der Waals surface area contributed by atoms with Crippen molar-refractivity contribution in [3.05, 3.63) is 46.8 Å². The van der Waals surface area contributed by atoms with Crippen molar-refractivity contribution in [1.29, 1.82) is 0 Å². The second-order valence-corrected chi connectivity index (χ2v) is 6.77. The quantitative estimate of drug-likeness (QED) is 0.454. The van der Waals surface area contributed by atoms with Crippen LogP contribution in [-0.2, 0) is 22.3 Å². The molecule has 2 amide bonds. The van der Waals surface area contributed by atoms with Crippen LogP contribution in [0.2, 0.25) is 0 Å². The van der Waals surface area contributed by atoms with Gasteiger partial charge in [0.05, 0.1) is 5.56 Å². The maximum absolute atomic E-state index is 12.5. The van der Waals surface area contributed by atoms with Crippen molar-refractivity contribution in [2.75, 3.05) is 0 Å². The number of halogens is 4. The van der Waals surface area contributed by atoms with Gasteiger partial charge < -0.3 is 21.1 Å². The highest BCUT2D eigenvalue weighted by molar-refractivity contribution is 9.10. The van der Waals surface area contributed by atoms with Crippen molar-refractivity contribution in [2.45, 2.75) is 24.2 Å². The van der Waals surface area contributed by atoms with Crippen LogP contribution in [-0.4, -0.2) is 21.5 Å².